The van der Waals surface area contributed by atoms with Gasteiger partial charge in [0.05, 0.1) is 26.4 Å². The Morgan fingerprint density at radius 2 is 2.00 bits per heavy atom. The monoisotopic (exact) mass is 233 g/mol. The Balaban J connectivity index is 0.000000288. The van der Waals surface area contributed by atoms with Gasteiger partial charge in [-0.05, 0) is 13.3 Å². The first-order valence-electron chi connectivity index (χ1n) is 5.72. The average molecular weight is 233 g/mol. The standard InChI is InChI=1S/C6H14O3.C5H9NO/c1-2-8-5-6-9-4-3-7;1-6-4-2-3-5(6)7/h7H,2-6H2,1H3;2-4H2,1H3. The second-order valence-electron chi connectivity index (χ2n) is 3.45. The lowest BCUT2D eigenvalue weighted by Crippen LogP contribution is -2.17. The van der Waals surface area contributed by atoms with Crippen molar-refractivity contribution in [1.29, 1.82) is 0 Å². The van der Waals surface area contributed by atoms with Crippen LogP contribution < -0.4 is 0 Å². The number of ether oxygens (including phenoxy) is 2. The van der Waals surface area contributed by atoms with Crippen LogP contribution in [0.1, 0.15) is 19.8 Å². The number of hydrogen-bond donors (Lipinski definition) is 1. The SMILES string of the molecule is CCOCCOCCO.CN1CCCC1=O. The highest BCUT2D eigenvalue weighted by Gasteiger charge is 2.14. The van der Waals surface area contributed by atoms with E-state index in [0.717, 1.165) is 26.0 Å². The van der Waals surface area contributed by atoms with Gasteiger partial charge in [0, 0.05) is 26.6 Å². The predicted molar refractivity (Wildman–Crippen MR) is 61.3 cm³/mol. The largest absolute Gasteiger partial charge is 0.394 e. The molecule has 1 fully saturated rings. The number of aliphatic hydroxyl groups excluding tert-OH is 1. The first-order valence-corrected chi connectivity index (χ1v) is 5.72. The van der Waals surface area contributed by atoms with Crippen molar-refractivity contribution in [3.8, 4) is 0 Å². The van der Waals surface area contributed by atoms with Gasteiger partial charge in [-0.2, -0.15) is 0 Å². The van der Waals surface area contributed by atoms with Crippen molar-refractivity contribution < 1.29 is 19.4 Å². The Hall–Kier alpha value is -0.650. The maximum atomic E-state index is 10.5. The molecule has 0 aliphatic carbocycles. The highest BCUT2D eigenvalue weighted by atomic mass is 16.5. The summed E-state index contributed by atoms with van der Waals surface area (Å²) in [5.74, 6) is 0.292. The molecule has 1 aliphatic rings. The summed E-state index contributed by atoms with van der Waals surface area (Å²) in [6.07, 6.45) is 1.81. The Morgan fingerprint density at radius 1 is 1.31 bits per heavy atom. The number of amides is 1. The van der Waals surface area contributed by atoms with Gasteiger partial charge in [0.1, 0.15) is 0 Å². The van der Waals surface area contributed by atoms with Crippen molar-refractivity contribution in [2.24, 2.45) is 0 Å². The van der Waals surface area contributed by atoms with Gasteiger partial charge < -0.3 is 19.5 Å². The van der Waals surface area contributed by atoms with Crippen molar-refractivity contribution in [1.82, 2.24) is 4.90 Å². The molecule has 0 aromatic heterocycles. The van der Waals surface area contributed by atoms with Crippen molar-refractivity contribution in [3.05, 3.63) is 0 Å². The third kappa shape index (κ3) is 8.64. The van der Waals surface area contributed by atoms with Crippen LogP contribution in [0.4, 0.5) is 0 Å². The summed E-state index contributed by atoms with van der Waals surface area (Å²) < 4.78 is 9.88. The molecule has 0 saturated carbocycles. The number of nitrogens with zero attached hydrogens (tertiary/aromatic N) is 1. The van der Waals surface area contributed by atoms with Crippen LogP contribution in [0.5, 0.6) is 0 Å². The molecular formula is C11H23NO4. The van der Waals surface area contributed by atoms with Gasteiger partial charge in [0.15, 0.2) is 0 Å². The third-order valence-electron chi connectivity index (χ3n) is 2.12. The zero-order valence-corrected chi connectivity index (χ0v) is 10.3. The molecule has 16 heavy (non-hydrogen) atoms. The van der Waals surface area contributed by atoms with Gasteiger partial charge in [-0.25, -0.2) is 0 Å². The smallest absolute Gasteiger partial charge is 0.222 e. The summed E-state index contributed by atoms with van der Waals surface area (Å²) in [4.78, 5) is 12.3. The molecule has 0 radical (unpaired) electrons. The first-order chi connectivity index (χ1) is 7.72. The fourth-order valence-corrected chi connectivity index (χ4v) is 1.21. The highest BCUT2D eigenvalue weighted by molar-refractivity contribution is 5.77. The summed E-state index contributed by atoms with van der Waals surface area (Å²) in [6, 6.07) is 0. The van der Waals surface area contributed by atoms with Gasteiger partial charge in [0.2, 0.25) is 5.91 Å². The fourth-order valence-electron chi connectivity index (χ4n) is 1.21. The maximum Gasteiger partial charge on any atom is 0.222 e. The van der Waals surface area contributed by atoms with Crippen LogP contribution in [0.15, 0.2) is 0 Å². The van der Waals surface area contributed by atoms with Crippen molar-refractivity contribution in [2.45, 2.75) is 19.8 Å². The van der Waals surface area contributed by atoms with E-state index in [9.17, 15) is 4.79 Å². The number of carbonyl (C=O) groups excluding carboxylic acids is 1. The zero-order chi connectivity index (χ0) is 12.2. The molecule has 1 heterocycles. The number of aliphatic hydroxyl groups is 1. The normalized spacial score (nSPS) is 14.9. The Kier molecular flexibility index (Phi) is 10.4. The molecule has 1 rings (SSSR count). The van der Waals surface area contributed by atoms with E-state index in [4.69, 9.17) is 14.6 Å². The van der Waals surface area contributed by atoms with Crippen molar-refractivity contribution >= 4 is 5.91 Å². The van der Waals surface area contributed by atoms with Gasteiger partial charge in [0.25, 0.3) is 0 Å². The number of rotatable bonds is 6. The Morgan fingerprint density at radius 3 is 2.38 bits per heavy atom. The second-order valence-corrected chi connectivity index (χ2v) is 3.45. The van der Waals surface area contributed by atoms with Crippen LogP contribution in [0.25, 0.3) is 0 Å². The van der Waals surface area contributed by atoms with Gasteiger partial charge in [-0.1, -0.05) is 0 Å². The number of carbonyl (C=O) groups is 1. The van der Waals surface area contributed by atoms with E-state index in [2.05, 4.69) is 0 Å². The molecule has 1 saturated heterocycles. The van der Waals surface area contributed by atoms with Crippen LogP contribution in [0.2, 0.25) is 0 Å². The van der Waals surface area contributed by atoms with Crippen molar-refractivity contribution in [3.63, 3.8) is 0 Å². The molecule has 0 atom stereocenters. The minimum atomic E-state index is 0.0894. The molecule has 5 heteroatoms. The minimum Gasteiger partial charge on any atom is -0.394 e. The summed E-state index contributed by atoms with van der Waals surface area (Å²) >= 11 is 0. The Bertz CT molecular complexity index is 169. The van der Waals surface area contributed by atoms with E-state index in [-0.39, 0.29) is 6.61 Å². The molecular weight excluding hydrogens is 210 g/mol. The van der Waals surface area contributed by atoms with Crippen LogP contribution in [0.3, 0.4) is 0 Å². The van der Waals surface area contributed by atoms with Gasteiger partial charge in [-0.3, -0.25) is 4.79 Å². The summed E-state index contributed by atoms with van der Waals surface area (Å²) in [5.41, 5.74) is 0. The number of likely N-dealkylation sites (tertiary alicyclic amines) is 1. The van der Waals surface area contributed by atoms with Crippen LogP contribution in [-0.4, -0.2) is 62.5 Å². The summed E-state index contributed by atoms with van der Waals surface area (Å²) in [7, 11) is 1.84. The van der Waals surface area contributed by atoms with Gasteiger partial charge in [-0.15, -0.1) is 0 Å². The predicted octanol–water partition coefficient (Wildman–Crippen LogP) is 0.270. The van der Waals surface area contributed by atoms with E-state index < -0.39 is 0 Å². The zero-order valence-electron chi connectivity index (χ0n) is 10.3. The molecule has 0 spiro atoms. The van der Waals surface area contributed by atoms with Crippen molar-refractivity contribution in [2.75, 3.05) is 46.6 Å². The Labute approximate surface area is 97.3 Å². The number of hydrogen-bond acceptors (Lipinski definition) is 4. The quantitative estimate of drug-likeness (QED) is 0.669. The van der Waals surface area contributed by atoms with E-state index in [0.29, 0.717) is 25.7 Å². The van der Waals surface area contributed by atoms with E-state index in [1.54, 1.807) is 4.90 Å². The van der Waals surface area contributed by atoms with Crippen LogP contribution in [-0.2, 0) is 14.3 Å². The molecule has 96 valence electrons. The second kappa shape index (κ2) is 10.9. The fraction of sp³-hybridized carbons (Fsp3) is 0.909. The van der Waals surface area contributed by atoms with Gasteiger partial charge >= 0.3 is 0 Å². The minimum absolute atomic E-state index is 0.0894. The lowest BCUT2D eigenvalue weighted by molar-refractivity contribution is -0.126. The molecule has 1 aliphatic heterocycles. The molecule has 1 amide bonds. The lowest BCUT2D eigenvalue weighted by atomic mass is 10.4. The third-order valence-corrected chi connectivity index (χ3v) is 2.12. The molecule has 0 aromatic rings. The lowest BCUT2D eigenvalue weighted by Gasteiger charge is -2.03. The van der Waals surface area contributed by atoms with E-state index >= 15 is 0 Å². The maximum absolute atomic E-state index is 10.5. The molecule has 0 unspecified atom stereocenters. The topological polar surface area (TPSA) is 59.0 Å². The molecule has 5 nitrogen and oxygen atoms in total. The molecule has 0 bridgehead atoms. The molecule has 0 aromatic carbocycles. The van der Waals surface area contributed by atoms with Crippen LogP contribution >= 0.6 is 0 Å². The van der Waals surface area contributed by atoms with E-state index in [1.165, 1.54) is 0 Å². The summed E-state index contributed by atoms with van der Waals surface area (Å²) in [6.45, 7) is 5.32. The summed E-state index contributed by atoms with van der Waals surface area (Å²) in [5, 5.41) is 8.26. The van der Waals surface area contributed by atoms with E-state index in [1.807, 2.05) is 14.0 Å². The van der Waals surface area contributed by atoms with Crippen LogP contribution in [0, 0.1) is 0 Å². The first kappa shape index (κ1) is 15.3. The average Bonchev–Trinajstić information content (AvgIpc) is 2.64. The molecule has 1 N–H and O–H groups in total. The highest BCUT2D eigenvalue weighted by Crippen LogP contribution is 2.04.